The normalized spacial score (nSPS) is 17.8. The van der Waals surface area contributed by atoms with Crippen molar-refractivity contribution in [3.05, 3.63) is 23.8 Å². The van der Waals surface area contributed by atoms with Crippen molar-refractivity contribution in [3.63, 3.8) is 0 Å². The lowest BCUT2D eigenvalue weighted by Crippen LogP contribution is -2.28. The first-order chi connectivity index (χ1) is 10.3. The summed E-state index contributed by atoms with van der Waals surface area (Å²) in [7, 11) is 0. The first-order valence-electron chi connectivity index (χ1n) is 8.07. The topological polar surface area (TPSA) is 50.4 Å². The Kier molecular flexibility index (Phi) is 6.52. The zero-order valence-electron chi connectivity index (χ0n) is 12.9. The molecule has 0 saturated carbocycles. The molecular weight excluding hydrogens is 300 g/mol. The fourth-order valence-corrected chi connectivity index (χ4v) is 3.17. The molecule has 0 spiro atoms. The Bertz CT molecular complexity index is 501. The number of nitrogens with one attached hydrogen (secondary N) is 2. The maximum Gasteiger partial charge on any atom is 0.224 e. The Hall–Kier alpha value is -1.26. The van der Waals surface area contributed by atoms with Crippen LogP contribution in [0, 0.1) is 5.92 Å². The SMILES string of the molecule is Cl.O=C(CCC1CCNCC1)Nc1ccc2c(c1)CCCO2. The van der Waals surface area contributed by atoms with Gasteiger partial charge in [0.05, 0.1) is 6.61 Å². The Morgan fingerprint density at radius 2 is 2.14 bits per heavy atom. The van der Waals surface area contributed by atoms with Gasteiger partial charge in [0, 0.05) is 12.1 Å². The number of fused-ring (bicyclic) bond motifs is 1. The molecule has 2 aliphatic rings. The number of piperidine rings is 1. The van der Waals surface area contributed by atoms with Crippen LogP contribution in [0.1, 0.15) is 37.7 Å². The van der Waals surface area contributed by atoms with Gasteiger partial charge >= 0.3 is 0 Å². The number of carbonyl (C=O) groups is 1. The van der Waals surface area contributed by atoms with E-state index in [2.05, 4.69) is 16.7 Å². The zero-order chi connectivity index (χ0) is 14.5. The summed E-state index contributed by atoms with van der Waals surface area (Å²) < 4.78 is 5.59. The van der Waals surface area contributed by atoms with Crippen LogP contribution in [-0.4, -0.2) is 25.6 Å². The van der Waals surface area contributed by atoms with Crippen molar-refractivity contribution in [2.24, 2.45) is 5.92 Å². The molecule has 5 heteroatoms. The third-order valence-electron chi connectivity index (χ3n) is 4.43. The minimum absolute atomic E-state index is 0. The standard InChI is InChI=1S/C17H24N2O2.ClH/c20-17(6-3-13-7-9-18-10-8-13)19-15-4-5-16-14(12-15)2-1-11-21-16;/h4-5,12-13,18H,1-3,6-11H2,(H,19,20);1H. The molecule has 0 atom stereocenters. The van der Waals surface area contributed by atoms with Crippen molar-refractivity contribution in [2.45, 2.75) is 38.5 Å². The first kappa shape index (κ1) is 17.1. The Labute approximate surface area is 138 Å². The molecule has 3 rings (SSSR count). The molecule has 1 fully saturated rings. The molecule has 1 aromatic carbocycles. The van der Waals surface area contributed by atoms with Crippen LogP contribution in [-0.2, 0) is 11.2 Å². The molecule has 1 saturated heterocycles. The van der Waals surface area contributed by atoms with Crippen LogP contribution in [0.4, 0.5) is 5.69 Å². The van der Waals surface area contributed by atoms with E-state index in [0.717, 1.165) is 50.4 Å². The second kappa shape index (κ2) is 8.39. The molecular formula is C17H25ClN2O2. The van der Waals surface area contributed by atoms with Gasteiger partial charge in [0.1, 0.15) is 5.75 Å². The number of ether oxygens (including phenoxy) is 1. The van der Waals surface area contributed by atoms with E-state index in [4.69, 9.17) is 4.74 Å². The van der Waals surface area contributed by atoms with Gasteiger partial charge in [0.2, 0.25) is 5.91 Å². The van der Waals surface area contributed by atoms with Crippen LogP contribution in [0.5, 0.6) is 5.75 Å². The average Bonchev–Trinajstić information content (AvgIpc) is 2.54. The second-order valence-electron chi connectivity index (χ2n) is 6.05. The number of carbonyl (C=O) groups excluding carboxylic acids is 1. The molecule has 0 aromatic heterocycles. The van der Waals surface area contributed by atoms with Crippen molar-refractivity contribution in [1.82, 2.24) is 5.32 Å². The smallest absolute Gasteiger partial charge is 0.224 e. The quantitative estimate of drug-likeness (QED) is 0.894. The summed E-state index contributed by atoms with van der Waals surface area (Å²) in [4.78, 5) is 12.1. The van der Waals surface area contributed by atoms with Crippen LogP contribution >= 0.6 is 12.4 Å². The van der Waals surface area contributed by atoms with Crippen LogP contribution in [0.15, 0.2) is 18.2 Å². The van der Waals surface area contributed by atoms with E-state index in [1.165, 1.54) is 18.4 Å². The highest BCUT2D eigenvalue weighted by atomic mass is 35.5. The molecule has 0 unspecified atom stereocenters. The van der Waals surface area contributed by atoms with Crippen LogP contribution in [0.3, 0.4) is 0 Å². The molecule has 2 N–H and O–H groups in total. The van der Waals surface area contributed by atoms with Crippen molar-refractivity contribution < 1.29 is 9.53 Å². The summed E-state index contributed by atoms with van der Waals surface area (Å²) >= 11 is 0. The van der Waals surface area contributed by atoms with E-state index in [1.54, 1.807) is 0 Å². The van der Waals surface area contributed by atoms with E-state index < -0.39 is 0 Å². The zero-order valence-corrected chi connectivity index (χ0v) is 13.7. The molecule has 2 aliphatic heterocycles. The second-order valence-corrected chi connectivity index (χ2v) is 6.05. The van der Waals surface area contributed by atoms with Crippen molar-refractivity contribution in [3.8, 4) is 5.75 Å². The highest BCUT2D eigenvalue weighted by Gasteiger charge is 2.15. The average molecular weight is 325 g/mol. The van der Waals surface area contributed by atoms with Gasteiger partial charge in [0.25, 0.3) is 0 Å². The Morgan fingerprint density at radius 3 is 2.95 bits per heavy atom. The third kappa shape index (κ3) is 4.62. The fourth-order valence-electron chi connectivity index (χ4n) is 3.17. The number of aryl methyl sites for hydroxylation is 1. The lowest BCUT2D eigenvalue weighted by Gasteiger charge is -2.22. The Morgan fingerprint density at radius 1 is 1.32 bits per heavy atom. The van der Waals surface area contributed by atoms with Gasteiger partial charge in [0.15, 0.2) is 0 Å². The van der Waals surface area contributed by atoms with E-state index in [9.17, 15) is 4.79 Å². The number of rotatable bonds is 4. The van der Waals surface area contributed by atoms with Gasteiger partial charge in [-0.1, -0.05) is 0 Å². The molecule has 2 heterocycles. The first-order valence-corrected chi connectivity index (χ1v) is 8.07. The maximum atomic E-state index is 12.1. The van der Waals surface area contributed by atoms with Gasteiger partial charge in [-0.25, -0.2) is 0 Å². The molecule has 1 aromatic rings. The number of hydrogen-bond donors (Lipinski definition) is 2. The minimum atomic E-state index is 0. The van der Waals surface area contributed by atoms with E-state index >= 15 is 0 Å². The molecule has 0 radical (unpaired) electrons. The molecule has 1 amide bonds. The Balaban J connectivity index is 0.00000176. The number of amides is 1. The predicted octanol–water partition coefficient (Wildman–Crippen LogP) is 3.15. The highest BCUT2D eigenvalue weighted by Crippen LogP contribution is 2.27. The minimum Gasteiger partial charge on any atom is -0.493 e. The molecule has 0 aliphatic carbocycles. The van der Waals surface area contributed by atoms with Gasteiger partial charge in [-0.3, -0.25) is 4.79 Å². The number of anilines is 1. The van der Waals surface area contributed by atoms with Crippen LogP contribution in [0.25, 0.3) is 0 Å². The van der Waals surface area contributed by atoms with Gasteiger partial charge in [-0.05, 0) is 74.9 Å². The summed E-state index contributed by atoms with van der Waals surface area (Å²) in [6.07, 6.45) is 6.11. The fraction of sp³-hybridized carbons (Fsp3) is 0.588. The van der Waals surface area contributed by atoms with Crippen LogP contribution < -0.4 is 15.4 Å². The molecule has 0 bridgehead atoms. The van der Waals surface area contributed by atoms with E-state index in [-0.39, 0.29) is 18.3 Å². The summed E-state index contributed by atoms with van der Waals surface area (Å²) in [6.45, 7) is 2.99. The van der Waals surface area contributed by atoms with Gasteiger partial charge < -0.3 is 15.4 Å². The molecule has 4 nitrogen and oxygen atoms in total. The summed E-state index contributed by atoms with van der Waals surface area (Å²) in [5.41, 5.74) is 2.10. The maximum absolute atomic E-state index is 12.1. The van der Waals surface area contributed by atoms with E-state index in [1.807, 2.05) is 12.1 Å². The van der Waals surface area contributed by atoms with Gasteiger partial charge in [-0.15, -0.1) is 12.4 Å². The van der Waals surface area contributed by atoms with Crippen molar-refractivity contribution in [2.75, 3.05) is 25.0 Å². The lowest BCUT2D eigenvalue weighted by atomic mass is 9.93. The number of benzene rings is 1. The molecule has 122 valence electrons. The van der Waals surface area contributed by atoms with Crippen molar-refractivity contribution in [1.29, 1.82) is 0 Å². The largest absolute Gasteiger partial charge is 0.493 e. The highest BCUT2D eigenvalue weighted by molar-refractivity contribution is 5.90. The predicted molar refractivity (Wildman–Crippen MR) is 91.0 cm³/mol. The molecule has 22 heavy (non-hydrogen) atoms. The third-order valence-corrected chi connectivity index (χ3v) is 4.43. The van der Waals surface area contributed by atoms with Crippen molar-refractivity contribution >= 4 is 24.0 Å². The number of hydrogen-bond acceptors (Lipinski definition) is 3. The summed E-state index contributed by atoms with van der Waals surface area (Å²) in [6, 6.07) is 5.96. The monoisotopic (exact) mass is 324 g/mol. The van der Waals surface area contributed by atoms with Crippen LogP contribution in [0.2, 0.25) is 0 Å². The van der Waals surface area contributed by atoms with Gasteiger partial charge in [-0.2, -0.15) is 0 Å². The summed E-state index contributed by atoms with van der Waals surface area (Å²) in [5.74, 6) is 1.80. The number of halogens is 1. The lowest BCUT2D eigenvalue weighted by molar-refractivity contribution is -0.116. The summed E-state index contributed by atoms with van der Waals surface area (Å²) in [5, 5.41) is 6.38. The van der Waals surface area contributed by atoms with E-state index in [0.29, 0.717) is 12.3 Å².